The molecule has 1 amide bonds. The molecule has 2 N–H and O–H groups in total. The summed E-state index contributed by atoms with van der Waals surface area (Å²) in [7, 11) is -3.49. The molecule has 7 heteroatoms. The van der Waals surface area contributed by atoms with Crippen molar-refractivity contribution < 1.29 is 13.2 Å². The number of benzene rings is 1. The molecule has 21 heavy (non-hydrogen) atoms. The minimum Gasteiger partial charge on any atom is -0.315 e. The van der Waals surface area contributed by atoms with Crippen LogP contribution in [-0.4, -0.2) is 40.5 Å². The smallest absolute Gasteiger partial charge is 0.240 e. The molecule has 0 aliphatic carbocycles. The van der Waals surface area contributed by atoms with E-state index in [1.54, 1.807) is 24.0 Å². The molecule has 6 nitrogen and oxygen atoms in total. The lowest BCUT2D eigenvalue weighted by molar-refractivity contribution is -0.123. The van der Waals surface area contributed by atoms with Gasteiger partial charge >= 0.3 is 0 Å². The third kappa shape index (κ3) is 2.56. The Hall–Kier alpha value is -1.44. The Kier molecular flexibility index (Phi) is 3.73. The Morgan fingerprint density at radius 3 is 2.81 bits per heavy atom. The van der Waals surface area contributed by atoms with E-state index in [0.29, 0.717) is 26.2 Å². The SMILES string of the molecule is CCNS(=O)(=O)c1ccc2c(c1)N(C(=O)C1CNC1)CC2. The highest BCUT2D eigenvalue weighted by atomic mass is 32.2. The molecule has 0 atom stereocenters. The van der Waals surface area contributed by atoms with Crippen LogP contribution in [0.5, 0.6) is 0 Å². The number of amides is 1. The molecule has 1 aromatic carbocycles. The lowest BCUT2D eigenvalue weighted by Crippen LogP contribution is -2.51. The molecule has 1 aromatic rings. The van der Waals surface area contributed by atoms with Crippen molar-refractivity contribution in [1.29, 1.82) is 0 Å². The number of nitrogens with zero attached hydrogens (tertiary/aromatic N) is 1. The highest BCUT2D eigenvalue weighted by Crippen LogP contribution is 2.32. The van der Waals surface area contributed by atoms with Crippen molar-refractivity contribution in [3.8, 4) is 0 Å². The van der Waals surface area contributed by atoms with Gasteiger partial charge in [-0.3, -0.25) is 4.79 Å². The number of anilines is 1. The van der Waals surface area contributed by atoms with Gasteiger partial charge in [-0.05, 0) is 24.1 Å². The highest BCUT2D eigenvalue weighted by Gasteiger charge is 2.33. The maximum Gasteiger partial charge on any atom is 0.240 e. The van der Waals surface area contributed by atoms with Crippen LogP contribution in [0.4, 0.5) is 5.69 Å². The van der Waals surface area contributed by atoms with Crippen LogP contribution in [-0.2, 0) is 21.2 Å². The van der Waals surface area contributed by atoms with Crippen molar-refractivity contribution in [2.75, 3.05) is 31.1 Å². The molecule has 0 bridgehead atoms. The minimum atomic E-state index is -3.49. The highest BCUT2D eigenvalue weighted by molar-refractivity contribution is 7.89. The molecule has 2 heterocycles. The summed E-state index contributed by atoms with van der Waals surface area (Å²) >= 11 is 0. The third-order valence-corrected chi connectivity index (χ3v) is 5.54. The lowest BCUT2D eigenvalue weighted by atomic mass is 10.0. The monoisotopic (exact) mass is 309 g/mol. The molecule has 1 fully saturated rings. The Morgan fingerprint density at radius 1 is 1.43 bits per heavy atom. The largest absolute Gasteiger partial charge is 0.315 e. The van der Waals surface area contributed by atoms with Gasteiger partial charge in [-0.2, -0.15) is 0 Å². The summed E-state index contributed by atoms with van der Waals surface area (Å²) in [6.07, 6.45) is 0.781. The van der Waals surface area contributed by atoms with E-state index in [4.69, 9.17) is 0 Å². The predicted molar refractivity (Wildman–Crippen MR) is 79.7 cm³/mol. The van der Waals surface area contributed by atoms with E-state index in [0.717, 1.165) is 17.7 Å². The number of hydrogen-bond donors (Lipinski definition) is 2. The summed E-state index contributed by atoms with van der Waals surface area (Å²) < 4.78 is 26.6. The van der Waals surface area contributed by atoms with E-state index in [1.165, 1.54) is 0 Å². The van der Waals surface area contributed by atoms with Gasteiger partial charge in [-0.15, -0.1) is 0 Å². The van der Waals surface area contributed by atoms with Gasteiger partial charge in [0.15, 0.2) is 0 Å². The molecule has 0 radical (unpaired) electrons. The van der Waals surface area contributed by atoms with Gasteiger partial charge in [0.2, 0.25) is 15.9 Å². The van der Waals surface area contributed by atoms with Crippen LogP contribution in [0.1, 0.15) is 12.5 Å². The number of carbonyl (C=O) groups excluding carboxylic acids is 1. The van der Waals surface area contributed by atoms with Crippen LogP contribution in [0, 0.1) is 5.92 Å². The molecule has 0 spiro atoms. The van der Waals surface area contributed by atoms with E-state index in [-0.39, 0.29) is 16.7 Å². The summed E-state index contributed by atoms with van der Waals surface area (Å²) in [6.45, 7) is 4.13. The van der Waals surface area contributed by atoms with Crippen molar-refractivity contribution >= 4 is 21.6 Å². The molecular weight excluding hydrogens is 290 g/mol. The summed E-state index contributed by atoms with van der Waals surface area (Å²) in [5, 5.41) is 3.09. The Balaban J connectivity index is 1.92. The molecule has 0 aromatic heterocycles. The molecule has 0 saturated carbocycles. The Morgan fingerprint density at radius 2 is 2.19 bits per heavy atom. The summed E-state index contributed by atoms with van der Waals surface area (Å²) in [5.41, 5.74) is 1.77. The number of hydrogen-bond acceptors (Lipinski definition) is 4. The van der Waals surface area contributed by atoms with Gasteiger partial charge < -0.3 is 10.2 Å². The van der Waals surface area contributed by atoms with E-state index < -0.39 is 10.0 Å². The number of fused-ring (bicyclic) bond motifs is 1. The Labute approximate surface area is 124 Å². The zero-order valence-corrected chi connectivity index (χ0v) is 12.7. The molecule has 1 saturated heterocycles. The second-order valence-corrected chi connectivity index (χ2v) is 7.15. The van der Waals surface area contributed by atoms with Crippen molar-refractivity contribution in [2.24, 2.45) is 5.92 Å². The van der Waals surface area contributed by atoms with Gasteiger partial charge in [0.25, 0.3) is 0 Å². The molecule has 2 aliphatic heterocycles. The van der Waals surface area contributed by atoms with E-state index in [1.807, 2.05) is 6.07 Å². The molecular formula is C14H19N3O3S. The zero-order valence-electron chi connectivity index (χ0n) is 11.9. The topological polar surface area (TPSA) is 78.5 Å². The Bertz CT molecular complexity index is 668. The third-order valence-electron chi connectivity index (χ3n) is 3.99. The van der Waals surface area contributed by atoms with Crippen LogP contribution in [0.2, 0.25) is 0 Å². The van der Waals surface area contributed by atoms with Crippen molar-refractivity contribution in [1.82, 2.24) is 10.0 Å². The first-order valence-electron chi connectivity index (χ1n) is 7.17. The quantitative estimate of drug-likeness (QED) is 0.826. The molecule has 0 unspecified atom stereocenters. The summed E-state index contributed by atoms with van der Waals surface area (Å²) in [6, 6.07) is 5.03. The van der Waals surface area contributed by atoms with Crippen molar-refractivity contribution in [2.45, 2.75) is 18.2 Å². The number of sulfonamides is 1. The first-order chi connectivity index (χ1) is 10.0. The van der Waals surface area contributed by atoms with Gasteiger partial charge in [0.1, 0.15) is 0 Å². The normalized spacial score (nSPS) is 18.4. The summed E-state index contributed by atoms with van der Waals surface area (Å²) in [4.78, 5) is 14.3. The lowest BCUT2D eigenvalue weighted by Gasteiger charge is -2.30. The van der Waals surface area contributed by atoms with Crippen LogP contribution in [0.15, 0.2) is 23.1 Å². The van der Waals surface area contributed by atoms with Crippen LogP contribution >= 0.6 is 0 Å². The van der Waals surface area contributed by atoms with Gasteiger partial charge in [0.05, 0.1) is 10.8 Å². The van der Waals surface area contributed by atoms with Gasteiger partial charge in [-0.25, -0.2) is 13.1 Å². The second-order valence-electron chi connectivity index (χ2n) is 5.39. The van der Waals surface area contributed by atoms with Crippen molar-refractivity contribution in [3.05, 3.63) is 23.8 Å². The van der Waals surface area contributed by atoms with Crippen LogP contribution in [0.3, 0.4) is 0 Å². The minimum absolute atomic E-state index is 0.0185. The fourth-order valence-electron chi connectivity index (χ4n) is 2.71. The van der Waals surface area contributed by atoms with Gasteiger partial charge in [-0.1, -0.05) is 13.0 Å². The van der Waals surface area contributed by atoms with Crippen LogP contribution < -0.4 is 14.9 Å². The standard InChI is InChI=1S/C14H19N3O3S/c1-2-16-21(19,20)12-4-3-10-5-6-17(13(10)7-12)14(18)11-8-15-9-11/h3-4,7,11,15-16H,2,5-6,8-9H2,1H3. The predicted octanol–water partition coefficient (Wildman–Crippen LogP) is 0.0933. The number of rotatable bonds is 4. The number of nitrogens with one attached hydrogen (secondary N) is 2. The fraction of sp³-hybridized carbons (Fsp3) is 0.500. The maximum absolute atomic E-state index is 12.4. The van der Waals surface area contributed by atoms with Crippen molar-refractivity contribution in [3.63, 3.8) is 0 Å². The molecule has 114 valence electrons. The zero-order chi connectivity index (χ0) is 15.0. The summed E-state index contributed by atoms with van der Waals surface area (Å²) in [5.74, 6) is 0.107. The fourth-order valence-corrected chi connectivity index (χ4v) is 3.77. The van der Waals surface area contributed by atoms with E-state index in [9.17, 15) is 13.2 Å². The average molecular weight is 309 g/mol. The molecule has 2 aliphatic rings. The van der Waals surface area contributed by atoms with E-state index in [2.05, 4.69) is 10.0 Å². The first-order valence-corrected chi connectivity index (χ1v) is 8.66. The number of carbonyl (C=O) groups is 1. The van der Waals surface area contributed by atoms with Crippen LogP contribution in [0.25, 0.3) is 0 Å². The molecule has 3 rings (SSSR count). The first kappa shape index (κ1) is 14.5. The average Bonchev–Trinajstić information content (AvgIpc) is 2.79. The maximum atomic E-state index is 12.4. The van der Waals surface area contributed by atoms with Gasteiger partial charge in [0, 0.05) is 31.9 Å². The second kappa shape index (κ2) is 5.40. The van der Waals surface area contributed by atoms with E-state index >= 15 is 0 Å².